The number of furan rings is 1. The van der Waals surface area contributed by atoms with Crippen LogP contribution in [0.15, 0.2) is 235 Å². The van der Waals surface area contributed by atoms with Gasteiger partial charge in [0.2, 0.25) is 0 Å². The minimum absolute atomic E-state index is 0.526. The number of anilines is 3. The van der Waals surface area contributed by atoms with E-state index >= 15 is 0 Å². The summed E-state index contributed by atoms with van der Waals surface area (Å²) in [7, 11) is 0. The molecule has 3 heteroatoms. The fourth-order valence-corrected chi connectivity index (χ4v) is 10.6. The third-order valence-electron chi connectivity index (χ3n) is 13.2. The zero-order chi connectivity index (χ0) is 40.8. The van der Waals surface area contributed by atoms with Gasteiger partial charge in [0.15, 0.2) is 0 Å². The van der Waals surface area contributed by atoms with E-state index in [1.165, 1.54) is 60.6 Å². The Kier molecular flexibility index (Phi) is 7.52. The van der Waals surface area contributed by atoms with E-state index in [0.29, 0.717) is 0 Å². The molecule has 0 amide bonds. The molecule has 2 aromatic heterocycles. The van der Waals surface area contributed by atoms with Crippen LogP contribution in [0.5, 0.6) is 0 Å². The smallest absolute Gasteiger partial charge is 0.143 e. The molecule has 12 aromatic rings. The van der Waals surface area contributed by atoms with E-state index in [9.17, 15) is 0 Å². The van der Waals surface area contributed by atoms with Crippen molar-refractivity contribution in [3.63, 3.8) is 0 Å². The molecule has 0 fully saturated rings. The van der Waals surface area contributed by atoms with E-state index in [4.69, 9.17) is 4.42 Å². The van der Waals surface area contributed by atoms with Gasteiger partial charge in [0, 0.05) is 49.7 Å². The van der Waals surface area contributed by atoms with Gasteiger partial charge >= 0.3 is 0 Å². The molecule has 62 heavy (non-hydrogen) atoms. The fraction of sp³-hybridized carbons (Fsp3) is 0.0169. The van der Waals surface area contributed by atoms with Crippen molar-refractivity contribution in [3.05, 3.63) is 253 Å². The van der Waals surface area contributed by atoms with E-state index in [1.807, 2.05) is 0 Å². The lowest BCUT2D eigenvalue weighted by molar-refractivity contribution is 0.672. The highest BCUT2D eigenvalue weighted by Gasteiger charge is 2.46. The second-order valence-corrected chi connectivity index (χ2v) is 16.4. The average molecular weight is 791 g/mol. The Morgan fingerprint density at radius 1 is 0.371 bits per heavy atom. The minimum atomic E-state index is -0.526. The summed E-state index contributed by atoms with van der Waals surface area (Å²) in [6.45, 7) is 0. The number of hydrogen-bond acceptors (Lipinski definition) is 2. The van der Waals surface area contributed by atoms with Gasteiger partial charge in [-0.15, -0.1) is 0 Å². The molecule has 0 aliphatic heterocycles. The van der Waals surface area contributed by atoms with Crippen molar-refractivity contribution in [2.24, 2.45) is 0 Å². The topological polar surface area (TPSA) is 21.3 Å². The molecule has 0 bridgehead atoms. The lowest BCUT2D eigenvalue weighted by Gasteiger charge is -2.35. The highest BCUT2D eigenvalue weighted by Crippen LogP contribution is 2.57. The Morgan fingerprint density at radius 2 is 0.935 bits per heavy atom. The van der Waals surface area contributed by atoms with Crippen LogP contribution in [0.3, 0.4) is 0 Å². The van der Waals surface area contributed by atoms with Gasteiger partial charge in [-0.2, -0.15) is 0 Å². The van der Waals surface area contributed by atoms with Gasteiger partial charge in [0.25, 0.3) is 0 Å². The van der Waals surface area contributed by atoms with Crippen LogP contribution in [0.2, 0.25) is 0 Å². The largest absolute Gasteiger partial charge is 0.455 e. The van der Waals surface area contributed by atoms with E-state index < -0.39 is 5.41 Å². The summed E-state index contributed by atoms with van der Waals surface area (Å²) in [4.78, 5) is 2.42. The lowest BCUT2D eigenvalue weighted by atomic mass is 9.67. The number of para-hydroxylation sites is 2. The van der Waals surface area contributed by atoms with Crippen molar-refractivity contribution in [1.29, 1.82) is 0 Å². The number of nitrogens with zero attached hydrogens (tertiary/aromatic N) is 2. The van der Waals surface area contributed by atoms with Gasteiger partial charge in [0.1, 0.15) is 11.2 Å². The maximum Gasteiger partial charge on any atom is 0.143 e. The Balaban J connectivity index is 1.05. The number of aromatic nitrogens is 1. The van der Waals surface area contributed by atoms with Crippen molar-refractivity contribution < 1.29 is 4.42 Å². The van der Waals surface area contributed by atoms with Crippen molar-refractivity contribution in [2.75, 3.05) is 4.90 Å². The fourth-order valence-electron chi connectivity index (χ4n) is 10.6. The van der Waals surface area contributed by atoms with Crippen molar-refractivity contribution in [2.45, 2.75) is 5.41 Å². The van der Waals surface area contributed by atoms with Crippen LogP contribution in [0.25, 0.3) is 71.3 Å². The Bertz CT molecular complexity index is 3600. The van der Waals surface area contributed by atoms with E-state index in [2.05, 4.69) is 240 Å². The molecular formula is C59H38N2O. The standard InChI is InChI=1S/C59H38N2O/c1-3-16-40(17-4-1)59(41-18-5-2-6-19-41)53-24-12-9-21-47(53)48-35-32-45(38-54(48)59)60(44-33-36-57-52(37-44)51-34-27-39-15-7-8-20-46(39)58(51)62-57)42-28-30-43(31-29-42)61-55-25-13-10-22-49(55)50-23-11-14-26-56(50)61/h1-38H. The first-order valence-electron chi connectivity index (χ1n) is 21.3. The summed E-state index contributed by atoms with van der Waals surface area (Å²) >= 11 is 0. The highest BCUT2D eigenvalue weighted by molar-refractivity contribution is 6.16. The predicted octanol–water partition coefficient (Wildman–Crippen LogP) is 15.7. The maximum absolute atomic E-state index is 6.64. The summed E-state index contributed by atoms with van der Waals surface area (Å²) in [5, 5.41) is 6.99. The molecule has 0 N–H and O–H groups in total. The lowest BCUT2D eigenvalue weighted by Crippen LogP contribution is -2.28. The molecule has 0 saturated carbocycles. The first kappa shape index (κ1) is 34.7. The minimum Gasteiger partial charge on any atom is -0.455 e. The molecule has 290 valence electrons. The summed E-state index contributed by atoms with van der Waals surface area (Å²) < 4.78 is 9.02. The van der Waals surface area contributed by atoms with Gasteiger partial charge in [-0.3, -0.25) is 0 Å². The molecule has 0 saturated heterocycles. The summed E-state index contributed by atoms with van der Waals surface area (Å²) in [5.41, 5.74) is 15.5. The van der Waals surface area contributed by atoms with Gasteiger partial charge in [0.05, 0.1) is 16.4 Å². The quantitative estimate of drug-likeness (QED) is 0.167. The van der Waals surface area contributed by atoms with Crippen LogP contribution < -0.4 is 4.90 Å². The third kappa shape index (κ3) is 4.94. The van der Waals surface area contributed by atoms with Crippen molar-refractivity contribution in [3.8, 4) is 16.8 Å². The van der Waals surface area contributed by atoms with Crippen LogP contribution in [0, 0.1) is 0 Å². The van der Waals surface area contributed by atoms with Gasteiger partial charge in [-0.25, -0.2) is 0 Å². The number of rotatable bonds is 6. The molecule has 0 atom stereocenters. The predicted molar refractivity (Wildman–Crippen MR) is 258 cm³/mol. The number of benzene rings is 10. The SMILES string of the molecule is c1ccc(C2(c3ccccc3)c3ccccc3-c3ccc(N(c4ccc(-n5c6ccccc6c6ccccc65)cc4)c4ccc5oc6c7ccccc7ccc6c5c4)cc32)cc1. The molecule has 1 aliphatic rings. The third-order valence-corrected chi connectivity index (χ3v) is 13.2. The van der Waals surface area contributed by atoms with Gasteiger partial charge < -0.3 is 13.9 Å². The first-order chi connectivity index (χ1) is 30.8. The molecule has 1 aliphatic carbocycles. The normalized spacial score (nSPS) is 13.0. The van der Waals surface area contributed by atoms with Crippen LogP contribution in [-0.4, -0.2) is 4.57 Å². The van der Waals surface area contributed by atoms with Gasteiger partial charge in [-0.1, -0.05) is 158 Å². The molecule has 13 rings (SSSR count). The molecule has 2 heterocycles. The Hall–Kier alpha value is -8.14. The molecule has 0 spiro atoms. The summed E-state index contributed by atoms with van der Waals surface area (Å²) in [5.74, 6) is 0. The monoisotopic (exact) mass is 790 g/mol. The van der Waals surface area contributed by atoms with Crippen LogP contribution in [0.1, 0.15) is 22.3 Å². The molecular weight excluding hydrogens is 753 g/mol. The molecule has 3 nitrogen and oxygen atoms in total. The molecule has 10 aromatic carbocycles. The number of hydrogen-bond donors (Lipinski definition) is 0. The molecule has 0 radical (unpaired) electrons. The Morgan fingerprint density at radius 3 is 1.66 bits per heavy atom. The van der Waals surface area contributed by atoms with Crippen LogP contribution in [0.4, 0.5) is 17.1 Å². The summed E-state index contributed by atoms with van der Waals surface area (Å²) in [6.07, 6.45) is 0. The van der Waals surface area contributed by atoms with E-state index in [0.717, 1.165) is 50.1 Å². The van der Waals surface area contributed by atoms with E-state index in [1.54, 1.807) is 0 Å². The van der Waals surface area contributed by atoms with Crippen molar-refractivity contribution >= 4 is 71.6 Å². The Labute approximate surface area is 359 Å². The maximum atomic E-state index is 6.64. The second kappa shape index (κ2) is 13.4. The van der Waals surface area contributed by atoms with E-state index in [-0.39, 0.29) is 0 Å². The van der Waals surface area contributed by atoms with Crippen LogP contribution in [-0.2, 0) is 5.41 Å². The number of fused-ring (bicyclic) bond motifs is 11. The molecule has 0 unspecified atom stereocenters. The zero-order valence-electron chi connectivity index (χ0n) is 33.7. The van der Waals surface area contributed by atoms with Crippen LogP contribution >= 0.6 is 0 Å². The van der Waals surface area contributed by atoms with Gasteiger partial charge in [-0.05, 0) is 112 Å². The second-order valence-electron chi connectivity index (χ2n) is 16.4. The first-order valence-corrected chi connectivity index (χ1v) is 21.3. The highest BCUT2D eigenvalue weighted by atomic mass is 16.3. The van der Waals surface area contributed by atoms with Crippen molar-refractivity contribution in [1.82, 2.24) is 4.57 Å². The summed E-state index contributed by atoms with van der Waals surface area (Å²) in [6, 6.07) is 84.1. The zero-order valence-corrected chi connectivity index (χ0v) is 33.7. The average Bonchev–Trinajstić information content (AvgIpc) is 3.99.